The topological polar surface area (TPSA) is 98.7 Å². The van der Waals surface area contributed by atoms with Crippen LogP contribution in [0.15, 0.2) is 60.8 Å². The van der Waals surface area contributed by atoms with Crippen LogP contribution in [0.1, 0.15) is 21.7 Å². The van der Waals surface area contributed by atoms with Gasteiger partial charge in [-0.05, 0) is 42.0 Å². The van der Waals surface area contributed by atoms with Crippen molar-refractivity contribution in [3.8, 4) is 0 Å². The number of aromatic nitrogens is 3. The quantitative estimate of drug-likeness (QED) is 0.300. The average molecular weight is 515 g/mol. The highest BCUT2D eigenvalue weighted by Crippen LogP contribution is 2.27. The molecule has 1 aliphatic heterocycles. The highest BCUT2D eigenvalue weighted by molar-refractivity contribution is 6.05. The van der Waals surface area contributed by atoms with Gasteiger partial charge in [0.2, 0.25) is 0 Å². The normalized spacial score (nSPS) is 14.4. The van der Waals surface area contributed by atoms with E-state index in [1.54, 1.807) is 10.6 Å². The summed E-state index contributed by atoms with van der Waals surface area (Å²) in [5, 5.41) is 21.4. The van der Waals surface area contributed by atoms with Crippen LogP contribution in [-0.2, 0) is 11.8 Å². The number of fused-ring (bicyclic) bond motifs is 1. The number of H-pyrrole nitrogens is 1. The summed E-state index contributed by atoms with van der Waals surface area (Å²) in [4.78, 5) is 17.7. The molecule has 1 fully saturated rings. The Morgan fingerprint density at radius 1 is 1.13 bits per heavy atom. The molecule has 2 aromatic heterocycles. The summed E-state index contributed by atoms with van der Waals surface area (Å²) in [6.07, 6.45) is 5.77. The number of aromatic amines is 1. The van der Waals surface area contributed by atoms with E-state index in [1.165, 1.54) is 0 Å². The van der Waals surface area contributed by atoms with Gasteiger partial charge in [-0.1, -0.05) is 30.3 Å². The van der Waals surface area contributed by atoms with Gasteiger partial charge in [-0.2, -0.15) is 5.10 Å². The van der Waals surface area contributed by atoms with Gasteiger partial charge in [-0.15, -0.1) is 0 Å². The highest BCUT2D eigenvalue weighted by Gasteiger charge is 2.16. The molecule has 3 heterocycles. The molecule has 0 atom stereocenters. The lowest BCUT2D eigenvalue weighted by atomic mass is 10.1. The zero-order valence-corrected chi connectivity index (χ0v) is 21.6. The van der Waals surface area contributed by atoms with Crippen molar-refractivity contribution in [2.45, 2.75) is 0 Å². The maximum absolute atomic E-state index is 13.1. The number of carbonyl (C=O) groups excluding carboxylic acids is 1. The first-order valence-corrected chi connectivity index (χ1v) is 13.0. The number of carbonyl (C=O) groups is 1. The summed E-state index contributed by atoms with van der Waals surface area (Å²) in [7, 11) is 1.85. The monoisotopic (exact) mass is 514 g/mol. The molecule has 9 nitrogen and oxygen atoms in total. The smallest absolute Gasteiger partial charge is 0.272 e. The number of para-hydroxylation sites is 1. The third-order valence-corrected chi connectivity index (χ3v) is 6.91. The first-order valence-electron chi connectivity index (χ1n) is 13.0. The Hall–Kier alpha value is -3.92. The predicted molar refractivity (Wildman–Crippen MR) is 151 cm³/mol. The summed E-state index contributed by atoms with van der Waals surface area (Å²) in [5.41, 5.74) is 4.87. The molecule has 0 radical (unpaired) electrons. The molecule has 1 amide bonds. The van der Waals surface area contributed by atoms with Gasteiger partial charge < -0.3 is 24.6 Å². The van der Waals surface area contributed by atoms with E-state index in [0.717, 1.165) is 67.2 Å². The van der Waals surface area contributed by atoms with E-state index < -0.39 is 0 Å². The number of aliphatic hydroxyl groups is 1. The molecule has 9 heteroatoms. The first kappa shape index (κ1) is 25.7. The van der Waals surface area contributed by atoms with Crippen LogP contribution in [0.4, 0.5) is 11.4 Å². The maximum Gasteiger partial charge on any atom is 0.272 e. The van der Waals surface area contributed by atoms with E-state index in [-0.39, 0.29) is 12.5 Å². The van der Waals surface area contributed by atoms with Crippen molar-refractivity contribution in [2.75, 3.05) is 62.8 Å². The molecule has 1 aliphatic rings. The van der Waals surface area contributed by atoms with Gasteiger partial charge in [0.25, 0.3) is 5.91 Å². The number of benzene rings is 2. The zero-order valence-electron chi connectivity index (χ0n) is 21.6. The third kappa shape index (κ3) is 5.96. The van der Waals surface area contributed by atoms with Gasteiger partial charge in [-0.25, -0.2) is 0 Å². The molecular formula is C29H34N6O3. The Bertz CT molecular complexity index is 1400. The van der Waals surface area contributed by atoms with E-state index in [1.807, 2.05) is 73.9 Å². The van der Waals surface area contributed by atoms with E-state index >= 15 is 0 Å². The number of amides is 1. The molecule has 38 heavy (non-hydrogen) atoms. The fourth-order valence-corrected chi connectivity index (χ4v) is 4.74. The molecule has 0 unspecified atom stereocenters. The number of hydrogen-bond donors (Lipinski definition) is 3. The molecule has 1 saturated heterocycles. The van der Waals surface area contributed by atoms with Crippen LogP contribution in [0.2, 0.25) is 0 Å². The van der Waals surface area contributed by atoms with Crippen LogP contribution in [0.3, 0.4) is 0 Å². The lowest BCUT2D eigenvalue weighted by Crippen LogP contribution is -2.42. The maximum atomic E-state index is 13.1. The molecule has 0 saturated carbocycles. The molecule has 4 aromatic rings. The molecule has 0 bridgehead atoms. The number of ether oxygens (including phenoxy) is 1. The van der Waals surface area contributed by atoms with Crippen LogP contribution >= 0.6 is 0 Å². The average Bonchev–Trinajstić information content (AvgIpc) is 3.57. The van der Waals surface area contributed by atoms with Crippen molar-refractivity contribution in [1.82, 2.24) is 19.7 Å². The number of nitrogens with zero attached hydrogens (tertiary/aromatic N) is 4. The van der Waals surface area contributed by atoms with Crippen LogP contribution in [0, 0.1) is 0 Å². The summed E-state index contributed by atoms with van der Waals surface area (Å²) in [6, 6.07) is 17.7. The second-order valence-electron chi connectivity index (χ2n) is 9.38. The fraction of sp³-hybridized carbons (Fsp3) is 0.310. The van der Waals surface area contributed by atoms with Crippen LogP contribution in [0.5, 0.6) is 0 Å². The molecule has 5 rings (SSSR count). The largest absolute Gasteiger partial charge is 0.395 e. The van der Waals surface area contributed by atoms with Gasteiger partial charge in [0.05, 0.1) is 36.7 Å². The highest BCUT2D eigenvalue weighted by atomic mass is 16.5. The minimum Gasteiger partial charge on any atom is -0.395 e. The minimum absolute atomic E-state index is 0.0437. The van der Waals surface area contributed by atoms with Crippen molar-refractivity contribution >= 4 is 40.3 Å². The zero-order chi connectivity index (χ0) is 26.3. The Labute approximate surface area is 222 Å². The van der Waals surface area contributed by atoms with Gasteiger partial charge in [0.1, 0.15) is 5.69 Å². The molecular weight excluding hydrogens is 480 g/mol. The predicted octanol–water partition coefficient (Wildman–Crippen LogP) is 3.46. The lowest BCUT2D eigenvalue weighted by Gasteiger charge is -2.31. The van der Waals surface area contributed by atoms with Gasteiger partial charge in [0, 0.05) is 57.0 Å². The van der Waals surface area contributed by atoms with E-state index in [0.29, 0.717) is 17.9 Å². The van der Waals surface area contributed by atoms with E-state index in [4.69, 9.17) is 4.74 Å². The second-order valence-corrected chi connectivity index (χ2v) is 9.38. The van der Waals surface area contributed by atoms with Gasteiger partial charge in [-0.3, -0.25) is 14.8 Å². The third-order valence-electron chi connectivity index (χ3n) is 6.91. The first-order chi connectivity index (χ1) is 18.6. The van der Waals surface area contributed by atoms with Crippen LogP contribution < -0.4 is 10.2 Å². The molecule has 2 aromatic carbocycles. The molecule has 198 valence electrons. The fourth-order valence-electron chi connectivity index (χ4n) is 4.74. The van der Waals surface area contributed by atoms with E-state index in [9.17, 15) is 9.90 Å². The van der Waals surface area contributed by atoms with Crippen molar-refractivity contribution in [3.63, 3.8) is 0 Å². The lowest BCUT2D eigenvalue weighted by molar-refractivity contribution is 0.0391. The van der Waals surface area contributed by atoms with Crippen molar-refractivity contribution in [2.24, 2.45) is 7.05 Å². The Morgan fingerprint density at radius 2 is 1.97 bits per heavy atom. The van der Waals surface area contributed by atoms with Gasteiger partial charge in [0.15, 0.2) is 0 Å². The Kier molecular flexibility index (Phi) is 8.18. The summed E-state index contributed by atoms with van der Waals surface area (Å²) >= 11 is 0. The number of hydrogen-bond acceptors (Lipinski definition) is 6. The molecule has 0 aliphatic carbocycles. The summed E-state index contributed by atoms with van der Waals surface area (Å²) in [5.74, 6) is -0.184. The van der Waals surface area contributed by atoms with Gasteiger partial charge >= 0.3 is 0 Å². The number of aliphatic hydroxyl groups excluding tert-OH is 1. The standard InChI is InChI=1S/C29H34N6O3/c1-33-12-4-7-28(33)29(37)30-27-21-23(35(15-18-36)14-13-34-16-19-38-20-17-34)10-8-22(27)9-11-26-24-5-2-3-6-25(24)31-32-26/h2-12,21,36H,13-20H2,1H3,(H,30,37)(H,31,32). The number of anilines is 2. The van der Waals surface area contributed by atoms with Crippen molar-refractivity contribution < 1.29 is 14.6 Å². The Balaban J connectivity index is 1.43. The Morgan fingerprint density at radius 3 is 2.76 bits per heavy atom. The number of morpholine rings is 1. The SMILES string of the molecule is Cn1cccc1C(=O)Nc1cc(N(CCO)CCN2CCOCC2)ccc1C=Cc1n[nH]c2ccccc12. The molecule has 0 spiro atoms. The van der Waals surface area contributed by atoms with Crippen LogP contribution in [0.25, 0.3) is 23.1 Å². The van der Waals surface area contributed by atoms with Crippen molar-refractivity contribution in [3.05, 3.63) is 77.7 Å². The van der Waals surface area contributed by atoms with E-state index in [2.05, 4.69) is 25.3 Å². The van der Waals surface area contributed by atoms with Crippen LogP contribution in [-0.4, -0.2) is 83.2 Å². The number of aryl methyl sites for hydroxylation is 1. The second kappa shape index (κ2) is 12.1. The van der Waals surface area contributed by atoms with Crippen molar-refractivity contribution in [1.29, 1.82) is 0 Å². The summed E-state index contributed by atoms with van der Waals surface area (Å²) < 4.78 is 7.26. The summed E-state index contributed by atoms with van der Waals surface area (Å²) in [6.45, 7) is 5.52. The number of rotatable bonds is 10. The molecule has 3 N–H and O–H groups in total. The number of nitrogens with one attached hydrogen (secondary N) is 2. The minimum atomic E-state index is -0.184.